The zero-order valence-electron chi connectivity index (χ0n) is 15.0. The molecule has 26 heavy (non-hydrogen) atoms. The second kappa shape index (κ2) is 9.02. The number of halogens is 1. The summed E-state index contributed by atoms with van der Waals surface area (Å²) in [6.07, 6.45) is 5.71. The van der Waals surface area contributed by atoms with Crippen LogP contribution < -0.4 is 0 Å². The molecule has 136 valence electrons. The monoisotopic (exact) mass is 369 g/mol. The number of amides is 1. The summed E-state index contributed by atoms with van der Waals surface area (Å²) >= 11 is 5.97. The zero-order chi connectivity index (χ0) is 18.4. The van der Waals surface area contributed by atoms with Gasteiger partial charge in [0.1, 0.15) is 0 Å². The smallest absolute Gasteiger partial charge is 0.246 e. The van der Waals surface area contributed by atoms with E-state index in [9.17, 15) is 4.79 Å². The van der Waals surface area contributed by atoms with Crippen molar-refractivity contribution in [3.63, 3.8) is 0 Å². The SMILES string of the molecule is Cc1ccc(C=CC(=O)N(Cc2ccc(Cl)cc2)CC2CCCO2)cc1. The van der Waals surface area contributed by atoms with Crippen LogP contribution in [0.5, 0.6) is 0 Å². The molecule has 1 aliphatic heterocycles. The molecule has 0 aromatic heterocycles. The van der Waals surface area contributed by atoms with Crippen molar-refractivity contribution in [2.75, 3.05) is 13.2 Å². The van der Waals surface area contributed by atoms with Crippen LogP contribution in [0.25, 0.3) is 6.08 Å². The molecule has 2 aromatic rings. The Morgan fingerprint density at radius 2 is 1.92 bits per heavy atom. The predicted molar refractivity (Wildman–Crippen MR) is 106 cm³/mol. The van der Waals surface area contributed by atoms with Gasteiger partial charge in [-0.15, -0.1) is 0 Å². The van der Waals surface area contributed by atoms with Gasteiger partial charge in [0.25, 0.3) is 0 Å². The molecule has 0 N–H and O–H groups in total. The Balaban J connectivity index is 1.71. The van der Waals surface area contributed by atoms with Crippen molar-refractivity contribution in [1.29, 1.82) is 0 Å². The van der Waals surface area contributed by atoms with E-state index in [1.165, 1.54) is 5.56 Å². The molecule has 0 spiro atoms. The van der Waals surface area contributed by atoms with Crippen LogP contribution in [0.3, 0.4) is 0 Å². The number of hydrogen-bond donors (Lipinski definition) is 0. The highest BCUT2D eigenvalue weighted by molar-refractivity contribution is 6.30. The summed E-state index contributed by atoms with van der Waals surface area (Å²) < 4.78 is 5.73. The molecule has 1 atom stereocenters. The lowest BCUT2D eigenvalue weighted by molar-refractivity contribution is -0.128. The lowest BCUT2D eigenvalue weighted by Gasteiger charge is -2.24. The van der Waals surface area contributed by atoms with E-state index in [1.807, 2.05) is 66.4 Å². The first-order valence-electron chi connectivity index (χ1n) is 9.00. The van der Waals surface area contributed by atoms with E-state index in [2.05, 4.69) is 0 Å². The highest BCUT2D eigenvalue weighted by Gasteiger charge is 2.21. The van der Waals surface area contributed by atoms with Gasteiger partial charge in [0.05, 0.1) is 6.10 Å². The number of aryl methyl sites for hydroxylation is 1. The van der Waals surface area contributed by atoms with Gasteiger partial charge < -0.3 is 9.64 Å². The Bertz CT molecular complexity index is 747. The number of hydrogen-bond acceptors (Lipinski definition) is 2. The molecule has 2 aromatic carbocycles. The second-order valence-electron chi connectivity index (χ2n) is 6.72. The molecule has 3 nitrogen and oxygen atoms in total. The molecule has 1 saturated heterocycles. The fourth-order valence-electron chi connectivity index (χ4n) is 3.03. The summed E-state index contributed by atoms with van der Waals surface area (Å²) in [6, 6.07) is 15.8. The van der Waals surface area contributed by atoms with Crippen LogP contribution in [0, 0.1) is 6.92 Å². The van der Waals surface area contributed by atoms with Crippen molar-refractivity contribution in [3.05, 3.63) is 76.3 Å². The minimum Gasteiger partial charge on any atom is -0.376 e. The van der Waals surface area contributed by atoms with E-state index in [4.69, 9.17) is 16.3 Å². The fraction of sp³-hybridized carbons (Fsp3) is 0.318. The molecule has 1 aliphatic rings. The van der Waals surface area contributed by atoms with E-state index in [-0.39, 0.29) is 12.0 Å². The summed E-state index contributed by atoms with van der Waals surface area (Å²) in [6.45, 7) is 3.99. The molecule has 3 rings (SSSR count). The molecular weight excluding hydrogens is 346 g/mol. The number of benzene rings is 2. The van der Waals surface area contributed by atoms with Gasteiger partial charge in [0, 0.05) is 30.8 Å². The topological polar surface area (TPSA) is 29.5 Å². The number of carbonyl (C=O) groups excluding carboxylic acids is 1. The van der Waals surface area contributed by atoms with Gasteiger partial charge in [-0.3, -0.25) is 4.79 Å². The first-order chi connectivity index (χ1) is 12.6. The van der Waals surface area contributed by atoms with Crippen molar-refractivity contribution >= 4 is 23.6 Å². The van der Waals surface area contributed by atoms with Gasteiger partial charge in [-0.1, -0.05) is 53.6 Å². The van der Waals surface area contributed by atoms with Gasteiger partial charge >= 0.3 is 0 Å². The third-order valence-corrected chi connectivity index (χ3v) is 4.79. The highest BCUT2D eigenvalue weighted by Crippen LogP contribution is 2.17. The van der Waals surface area contributed by atoms with Crippen LogP contribution in [0.1, 0.15) is 29.5 Å². The summed E-state index contributed by atoms with van der Waals surface area (Å²) in [5.74, 6) is -0.00368. The molecule has 0 bridgehead atoms. The third kappa shape index (κ3) is 5.45. The Morgan fingerprint density at radius 1 is 1.19 bits per heavy atom. The van der Waals surface area contributed by atoms with Crippen LogP contribution >= 0.6 is 11.6 Å². The van der Waals surface area contributed by atoms with Crippen LogP contribution in [0.15, 0.2) is 54.6 Å². The first-order valence-corrected chi connectivity index (χ1v) is 9.37. The van der Waals surface area contributed by atoms with Crippen LogP contribution in [-0.4, -0.2) is 30.1 Å². The second-order valence-corrected chi connectivity index (χ2v) is 7.16. The molecule has 0 radical (unpaired) electrons. The third-order valence-electron chi connectivity index (χ3n) is 4.54. The number of carbonyl (C=O) groups is 1. The maximum Gasteiger partial charge on any atom is 0.246 e. The molecule has 1 fully saturated rings. The summed E-state index contributed by atoms with van der Waals surface area (Å²) in [5.41, 5.74) is 3.29. The minimum atomic E-state index is -0.00368. The molecule has 0 aliphatic carbocycles. The standard InChI is InChI=1S/C22H24ClNO2/c1-17-4-6-18(7-5-17)10-13-22(25)24(16-21-3-2-14-26-21)15-19-8-11-20(23)12-9-19/h4-13,21H,2-3,14-16H2,1H3. The number of ether oxygens (including phenoxy) is 1. The van der Waals surface area contributed by atoms with E-state index in [1.54, 1.807) is 6.08 Å². The largest absolute Gasteiger partial charge is 0.376 e. The summed E-state index contributed by atoms with van der Waals surface area (Å²) in [4.78, 5) is 14.7. The Hall–Kier alpha value is -2.10. The normalized spacial score (nSPS) is 16.9. The van der Waals surface area contributed by atoms with Gasteiger partial charge in [0.15, 0.2) is 0 Å². The van der Waals surface area contributed by atoms with E-state index in [0.717, 1.165) is 30.6 Å². The Labute approximate surface area is 160 Å². The van der Waals surface area contributed by atoms with Crippen molar-refractivity contribution in [2.24, 2.45) is 0 Å². The molecular formula is C22H24ClNO2. The summed E-state index contributed by atoms with van der Waals surface area (Å²) in [7, 11) is 0. The van der Waals surface area contributed by atoms with Crippen LogP contribution in [0.4, 0.5) is 0 Å². The molecule has 1 heterocycles. The van der Waals surface area contributed by atoms with Gasteiger partial charge in [-0.2, -0.15) is 0 Å². The van der Waals surface area contributed by atoms with E-state index < -0.39 is 0 Å². The minimum absolute atomic E-state index is 0.00368. The van der Waals surface area contributed by atoms with E-state index in [0.29, 0.717) is 18.1 Å². The molecule has 1 amide bonds. The fourth-order valence-corrected chi connectivity index (χ4v) is 3.15. The van der Waals surface area contributed by atoms with Gasteiger partial charge in [0.2, 0.25) is 5.91 Å². The van der Waals surface area contributed by atoms with Crippen molar-refractivity contribution in [3.8, 4) is 0 Å². The lowest BCUT2D eigenvalue weighted by atomic mass is 10.1. The van der Waals surface area contributed by atoms with Crippen LogP contribution in [0.2, 0.25) is 5.02 Å². The molecule has 1 unspecified atom stereocenters. The quantitative estimate of drug-likeness (QED) is 0.680. The molecule has 0 saturated carbocycles. The zero-order valence-corrected chi connectivity index (χ0v) is 15.8. The number of rotatable bonds is 6. The van der Waals surface area contributed by atoms with Crippen molar-refractivity contribution in [1.82, 2.24) is 4.90 Å². The average molecular weight is 370 g/mol. The predicted octanol–water partition coefficient (Wildman–Crippen LogP) is 4.87. The van der Waals surface area contributed by atoms with Gasteiger partial charge in [-0.25, -0.2) is 0 Å². The van der Waals surface area contributed by atoms with Gasteiger partial charge in [-0.05, 0) is 49.1 Å². The average Bonchev–Trinajstić information content (AvgIpc) is 3.15. The molecule has 4 heteroatoms. The maximum atomic E-state index is 12.8. The van der Waals surface area contributed by atoms with Crippen molar-refractivity contribution < 1.29 is 9.53 Å². The Kier molecular flexibility index (Phi) is 6.48. The lowest BCUT2D eigenvalue weighted by Crippen LogP contribution is -2.35. The Morgan fingerprint density at radius 3 is 2.58 bits per heavy atom. The summed E-state index contributed by atoms with van der Waals surface area (Å²) in [5, 5.41) is 0.699. The van der Waals surface area contributed by atoms with Crippen molar-refractivity contribution in [2.45, 2.75) is 32.4 Å². The number of nitrogens with zero attached hydrogens (tertiary/aromatic N) is 1. The first kappa shape index (κ1) is 18.7. The maximum absolute atomic E-state index is 12.8. The highest BCUT2D eigenvalue weighted by atomic mass is 35.5. The van der Waals surface area contributed by atoms with Crippen LogP contribution in [-0.2, 0) is 16.1 Å². The van der Waals surface area contributed by atoms with E-state index >= 15 is 0 Å².